The lowest BCUT2D eigenvalue weighted by Crippen LogP contribution is -2.46. The van der Waals surface area contributed by atoms with Crippen molar-refractivity contribution in [1.29, 1.82) is 0 Å². The van der Waals surface area contributed by atoms with Gasteiger partial charge in [-0.15, -0.1) is 0 Å². The van der Waals surface area contributed by atoms with Gasteiger partial charge in [-0.1, -0.05) is 24.6 Å². The molecule has 0 unspecified atom stereocenters. The van der Waals surface area contributed by atoms with Gasteiger partial charge in [-0.3, -0.25) is 9.58 Å². The summed E-state index contributed by atoms with van der Waals surface area (Å²) in [4.78, 5) is 6.28. The number of aliphatic hydroxyl groups excluding tert-OH is 1. The minimum Gasteiger partial charge on any atom is -0.389 e. The van der Waals surface area contributed by atoms with Gasteiger partial charge in [0.25, 0.3) is 0 Å². The number of ether oxygens (including phenoxy) is 1. The molecule has 0 radical (unpaired) electrons. The highest BCUT2D eigenvalue weighted by Gasteiger charge is 2.25. The van der Waals surface area contributed by atoms with Crippen molar-refractivity contribution >= 4 is 0 Å². The van der Waals surface area contributed by atoms with Crippen LogP contribution in [-0.4, -0.2) is 56.6 Å². The molecule has 3 rings (SSSR count). The Morgan fingerprint density at radius 1 is 1.32 bits per heavy atom. The number of aliphatic hydroxyl groups is 1. The average molecular weight is 348 g/mol. The van der Waals surface area contributed by atoms with Crippen LogP contribution >= 0.6 is 0 Å². The fourth-order valence-electron chi connectivity index (χ4n) is 3.29. The Hall–Kier alpha value is -1.83. The summed E-state index contributed by atoms with van der Waals surface area (Å²) in [6.45, 7) is 2.66. The van der Waals surface area contributed by atoms with Gasteiger partial charge in [0.05, 0.1) is 25.9 Å². The molecule has 25 heavy (non-hydrogen) atoms. The SMILES string of the molecule is O[C@H](COCc1ccccc1F)CN1CCCC[C@@H]1Cn1cncn1. The summed E-state index contributed by atoms with van der Waals surface area (Å²) in [6.07, 6.45) is 6.08. The van der Waals surface area contributed by atoms with Gasteiger partial charge in [-0.2, -0.15) is 5.10 Å². The molecule has 1 aromatic heterocycles. The largest absolute Gasteiger partial charge is 0.389 e. The van der Waals surface area contributed by atoms with Crippen LogP contribution in [0.1, 0.15) is 24.8 Å². The van der Waals surface area contributed by atoms with Gasteiger partial charge in [0, 0.05) is 18.2 Å². The van der Waals surface area contributed by atoms with E-state index in [1.165, 1.54) is 12.5 Å². The molecule has 2 heterocycles. The lowest BCUT2D eigenvalue weighted by molar-refractivity contribution is -0.00627. The molecule has 1 saturated heterocycles. The Balaban J connectivity index is 1.45. The number of hydrogen-bond acceptors (Lipinski definition) is 5. The van der Waals surface area contributed by atoms with Gasteiger partial charge >= 0.3 is 0 Å². The molecule has 2 atom stereocenters. The minimum absolute atomic E-state index is 0.173. The predicted molar refractivity (Wildman–Crippen MR) is 91.3 cm³/mol. The summed E-state index contributed by atoms with van der Waals surface area (Å²) in [6, 6.07) is 6.88. The zero-order chi connectivity index (χ0) is 17.5. The van der Waals surface area contributed by atoms with Crippen LogP contribution in [0, 0.1) is 5.82 Å². The Morgan fingerprint density at radius 2 is 2.20 bits per heavy atom. The molecule has 0 spiro atoms. The van der Waals surface area contributed by atoms with Crippen molar-refractivity contribution in [2.75, 3.05) is 19.7 Å². The van der Waals surface area contributed by atoms with Crippen molar-refractivity contribution in [3.05, 3.63) is 48.3 Å². The summed E-state index contributed by atoms with van der Waals surface area (Å²) in [5.74, 6) is -0.277. The van der Waals surface area contributed by atoms with E-state index in [1.807, 2.05) is 4.68 Å². The van der Waals surface area contributed by atoms with E-state index in [2.05, 4.69) is 15.0 Å². The molecule has 1 aliphatic heterocycles. The molecule has 1 aromatic carbocycles. The van der Waals surface area contributed by atoms with E-state index in [1.54, 1.807) is 30.9 Å². The molecule has 136 valence electrons. The van der Waals surface area contributed by atoms with E-state index in [-0.39, 0.29) is 19.0 Å². The second kappa shape index (κ2) is 9.03. The second-order valence-electron chi connectivity index (χ2n) is 6.52. The monoisotopic (exact) mass is 348 g/mol. The molecule has 0 saturated carbocycles. The van der Waals surface area contributed by atoms with Crippen LogP contribution in [0.3, 0.4) is 0 Å². The van der Waals surface area contributed by atoms with E-state index in [0.717, 1.165) is 25.9 Å². The second-order valence-corrected chi connectivity index (χ2v) is 6.52. The highest BCUT2D eigenvalue weighted by atomic mass is 19.1. The predicted octanol–water partition coefficient (Wildman–Crippen LogP) is 1.85. The lowest BCUT2D eigenvalue weighted by Gasteiger charge is -2.36. The third-order valence-corrected chi connectivity index (χ3v) is 4.58. The Bertz CT molecular complexity index is 638. The number of hydrogen-bond donors (Lipinski definition) is 1. The number of halogens is 1. The normalized spacial score (nSPS) is 19.8. The summed E-state index contributed by atoms with van der Waals surface area (Å²) in [5, 5.41) is 14.5. The van der Waals surface area contributed by atoms with Gasteiger partial charge in [0.1, 0.15) is 18.5 Å². The molecule has 0 amide bonds. The Kier molecular flexibility index (Phi) is 6.49. The van der Waals surface area contributed by atoms with Crippen molar-refractivity contribution in [1.82, 2.24) is 19.7 Å². The van der Waals surface area contributed by atoms with E-state index >= 15 is 0 Å². The topological polar surface area (TPSA) is 63.4 Å². The van der Waals surface area contributed by atoms with Crippen molar-refractivity contribution in [2.24, 2.45) is 0 Å². The summed E-state index contributed by atoms with van der Waals surface area (Å²) < 4.78 is 20.9. The van der Waals surface area contributed by atoms with Crippen LogP contribution in [0.25, 0.3) is 0 Å². The van der Waals surface area contributed by atoms with Crippen LogP contribution in [0.15, 0.2) is 36.9 Å². The first-order valence-corrected chi connectivity index (χ1v) is 8.78. The molecule has 1 aliphatic rings. The van der Waals surface area contributed by atoms with Crippen molar-refractivity contribution in [3.63, 3.8) is 0 Å². The number of benzene rings is 1. The summed E-state index contributed by atoms with van der Waals surface area (Å²) >= 11 is 0. The molecule has 2 aromatic rings. The van der Waals surface area contributed by atoms with Crippen LogP contribution < -0.4 is 0 Å². The minimum atomic E-state index is -0.594. The molecule has 1 N–H and O–H groups in total. The highest BCUT2D eigenvalue weighted by molar-refractivity contribution is 5.16. The standard InChI is InChI=1S/C18H25FN4O2/c19-18-7-2-1-5-15(18)11-25-12-17(24)10-22-8-4-3-6-16(22)9-23-14-20-13-21-23/h1-2,5,7,13-14,16-17,24H,3-4,6,8-12H2/t16-,17+/m1/s1. The maximum Gasteiger partial charge on any atom is 0.137 e. The third kappa shape index (κ3) is 5.32. The molecule has 7 heteroatoms. The van der Waals surface area contributed by atoms with E-state index in [9.17, 15) is 9.50 Å². The van der Waals surface area contributed by atoms with Gasteiger partial charge in [0.15, 0.2) is 0 Å². The Labute approximate surface area is 147 Å². The van der Waals surface area contributed by atoms with E-state index < -0.39 is 6.10 Å². The van der Waals surface area contributed by atoms with Crippen LogP contribution in [0.2, 0.25) is 0 Å². The molecule has 1 fully saturated rings. The van der Waals surface area contributed by atoms with Gasteiger partial charge in [-0.25, -0.2) is 9.37 Å². The quantitative estimate of drug-likeness (QED) is 0.789. The number of likely N-dealkylation sites (tertiary alicyclic amines) is 1. The van der Waals surface area contributed by atoms with Crippen molar-refractivity contribution < 1.29 is 14.2 Å². The fraction of sp³-hybridized carbons (Fsp3) is 0.556. The number of aromatic nitrogens is 3. The first kappa shape index (κ1) is 18.0. The Morgan fingerprint density at radius 3 is 3.00 bits per heavy atom. The number of piperidine rings is 1. The highest BCUT2D eigenvalue weighted by Crippen LogP contribution is 2.18. The van der Waals surface area contributed by atoms with Gasteiger partial charge in [-0.05, 0) is 25.5 Å². The number of β-amino-alcohol motifs (C(OH)–C–C–N with tert-alkyl or cyclic N) is 1. The van der Waals surface area contributed by atoms with Crippen molar-refractivity contribution in [3.8, 4) is 0 Å². The number of rotatable bonds is 8. The molecule has 0 aliphatic carbocycles. The zero-order valence-corrected chi connectivity index (χ0v) is 14.3. The van der Waals surface area contributed by atoms with Crippen LogP contribution in [-0.2, 0) is 17.9 Å². The van der Waals surface area contributed by atoms with Crippen LogP contribution in [0.5, 0.6) is 0 Å². The molecule has 0 bridgehead atoms. The first-order valence-electron chi connectivity index (χ1n) is 8.78. The van der Waals surface area contributed by atoms with E-state index in [4.69, 9.17) is 4.74 Å². The molecule has 6 nitrogen and oxygen atoms in total. The van der Waals surface area contributed by atoms with E-state index in [0.29, 0.717) is 18.2 Å². The third-order valence-electron chi connectivity index (χ3n) is 4.58. The smallest absolute Gasteiger partial charge is 0.137 e. The number of nitrogens with zero attached hydrogens (tertiary/aromatic N) is 4. The summed E-state index contributed by atoms with van der Waals surface area (Å²) in [5.41, 5.74) is 0.511. The molecular weight excluding hydrogens is 323 g/mol. The molecular formula is C18H25FN4O2. The fourth-order valence-corrected chi connectivity index (χ4v) is 3.29. The maximum absolute atomic E-state index is 13.6. The zero-order valence-electron chi connectivity index (χ0n) is 14.3. The average Bonchev–Trinajstić information content (AvgIpc) is 3.11. The van der Waals surface area contributed by atoms with Crippen LogP contribution in [0.4, 0.5) is 4.39 Å². The van der Waals surface area contributed by atoms with Crippen molar-refractivity contribution in [2.45, 2.75) is 44.6 Å². The first-order chi connectivity index (χ1) is 12.2. The van der Waals surface area contributed by atoms with Gasteiger partial charge in [0.2, 0.25) is 0 Å². The lowest BCUT2D eigenvalue weighted by atomic mass is 10.0. The maximum atomic E-state index is 13.6. The summed E-state index contributed by atoms with van der Waals surface area (Å²) in [7, 11) is 0. The van der Waals surface area contributed by atoms with Gasteiger partial charge < -0.3 is 9.84 Å².